The zero-order valence-corrected chi connectivity index (χ0v) is 15.2. The van der Waals surface area contributed by atoms with Crippen LogP contribution in [0.2, 0.25) is 0 Å². The summed E-state index contributed by atoms with van der Waals surface area (Å²) in [6, 6.07) is 16.3. The lowest BCUT2D eigenvalue weighted by Crippen LogP contribution is -2.27. The minimum atomic E-state index is -0.352. The molecule has 0 aromatic heterocycles. The molecule has 0 radical (unpaired) electrons. The lowest BCUT2D eigenvalue weighted by Gasteiger charge is -2.27. The molecule has 0 saturated carbocycles. The van der Waals surface area contributed by atoms with Crippen molar-refractivity contribution in [3.63, 3.8) is 0 Å². The van der Waals surface area contributed by atoms with Crippen LogP contribution in [0, 0.1) is 18.3 Å². The summed E-state index contributed by atoms with van der Waals surface area (Å²) in [5, 5.41) is 12.4. The molecule has 1 amide bonds. The zero-order valence-electron chi connectivity index (χ0n) is 15.2. The molecule has 1 aliphatic heterocycles. The molecule has 0 fully saturated rings. The van der Waals surface area contributed by atoms with Gasteiger partial charge in [0.1, 0.15) is 11.6 Å². The summed E-state index contributed by atoms with van der Waals surface area (Å²) in [6.45, 7) is 5.54. The van der Waals surface area contributed by atoms with Gasteiger partial charge >= 0.3 is 0 Å². The SMILES string of the molecule is CCc1cccc(C)c1NC(=O)/C(C#N)=C\N1CCc2ccccc2C1. The number of nitrogens with one attached hydrogen (secondary N) is 1. The summed E-state index contributed by atoms with van der Waals surface area (Å²) < 4.78 is 0. The highest BCUT2D eigenvalue weighted by molar-refractivity contribution is 6.07. The van der Waals surface area contributed by atoms with Gasteiger partial charge in [-0.25, -0.2) is 0 Å². The van der Waals surface area contributed by atoms with Crippen LogP contribution in [0.15, 0.2) is 54.2 Å². The van der Waals surface area contributed by atoms with Crippen LogP contribution in [0.5, 0.6) is 0 Å². The summed E-state index contributed by atoms with van der Waals surface area (Å²) in [5.41, 5.74) is 5.61. The minimum Gasteiger partial charge on any atom is -0.371 e. The molecule has 0 aliphatic carbocycles. The quantitative estimate of drug-likeness (QED) is 0.674. The third-order valence-corrected chi connectivity index (χ3v) is 4.82. The molecule has 0 saturated heterocycles. The van der Waals surface area contributed by atoms with Gasteiger partial charge in [-0.3, -0.25) is 4.79 Å². The molecule has 1 aliphatic rings. The second-order valence-corrected chi connectivity index (χ2v) is 6.56. The van der Waals surface area contributed by atoms with E-state index in [0.29, 0.717) is 0 Å². The minimum absolute atomic E-state index is 0.134. The number of rotatable bonds is 4. The maximum absolute atomic E-state index is 12.7. The van der Waals surface area contributed by atoms with Gasteiger partial charge in [0.25, 0.3) is 5.91 Å². The Bertz CT molecular complexity index is 893. The summed E-state index contributed by atoms with van der Waals surface area (Å²) in [5.74, 6) is -0.352. The topological polar surface area (TPSA) is 56.1 Å². The Labute approximate surface area is 154 Å². The molecule has 3 rings (SSSR count). The molecule has 0 spiro atoms. The van der Waals surface area contributed by atoms with Crippen molar-refractivity contribution in [3.8, 4) is 6.07 Å². The van der Waals surface area contributed by atoms with Crippen LogP contribution >= 0.6 is 0 Å². The van der Waals surface area contributed by atoms with Gasteiger partial charge in [-0.2, -0.15) is 5.26 Å². The van der Waals surface area contributed by atoms with Gasteiger partial charge in [-0.15, -0.1) is 0 Å². The first-order valence-corrected chi connectivity index (χ1v) is 8.95. The van der Waals surface area contributed by atoms with Crippen molar-refractivity contribution >= 4 is 11.6 Å². The second-order valence-electron chi connectivity index (χ2n) is 6.56. The van der Waals surface area contributed by atoms with Gasteiger partial charge in [0.15, 0.2) is 0 Å². The molecule has 0 atom stereocenters. The lowest BCUT2D eigenvalue weighted by atomic mass is 10.00. The molecule has 1 heterocycles. The third kappa shape index (κ3) is 3.78. The van der Waals surface area contributed by atoms with Gasteiger partial charge in [-0.1, -0.05) is 49.4 Å². The van der Waals surface area contributed by atoms with E-state index in [2.05, 4.69) is 30.4 Å². The van der Waals surface area contributed by atoms with Crippen molar-refractivity contribution < 1.29 is 4.79 Å². The van der Waals surface area contributed by atoms with Crippen molar-refractivity contribution in [2.45, 2.75) is 33.2 Å². The molecular weight excluding hydrogens is 322 g/mol. The standard InChI is InChI=1S/C22H23N3O/c1-3-17-10-6-7-16(2)21(17)24-22(26)20(13-23)15-25-12-11-18-8-4-5-9-19(18)14-25/h4-10,15H,3,11-12,14H2,1-2H3,(H,24,26)/b20-15-. The second kappa shape index (κ2) is 7.88. The van der Waals surface area contributed by atoms with Gasteiger partial charge in [0.05, 0.1) is 0 Å². The number of anilines is 1. The maximum atomic E-state index is 12.7. The molecule has 0 unspecified atom stereocenters. The number of nitriles is 1. The molecule has 4 heteroatoms. The summed E-state index contributed by atoms with van der Waals surface area (Å²) in [4.78, 5) is 14.7. The Morgan fingerprint density at radius 3 is 2.73 bits per heavy atom. The molecule has 26 heavy (non-hydrogen) atoms. The fourth-order valence-corrected chi connectivity index (χ4v) is 3.33. The first-order chi connectivity index (χ1) is 12.6. The predicted molar refractivity (Wildman–Crippen MR) is 103 cm³/mol. The Morgan fingerprint density at radius 1 is 1.23 bits per heavy atom. The predicted octanol–water partition coefficient (Wildman–Crippen LogP) is 3.96. The highest BCUT2D eigenvalue weighted by Crippen LogP contribution is 2.23. The van der Waals surface area contributed by atoms with E-state index in [1.54, 1.807) is 6.20 Å². The van der Waals surface area contributed by atoms with Crippen molar-refractivity contribution in [2.75, 3.05) is 11.9 Å². The lowest BCUT2D eigenvalue weighted by molar-refractivity contribution is -0.112. The van der Waals surface area contributed by atoms with Crippen LogP contribution in [0.1, 0.15) is 29.2 Å². The van der Waals surface area contributed by atoms with E-state index in [0.717, 1.165) is 42.7 Å². The van der Waals surface area contributed by atoms with Crippen LogP contribution in [0.25, 0.3) is 0 Å². The van der Waals surface area contributed by atoms with E-state index >= 15 is 0 Å². The number of carbonyl (C=O) groups excluding carboxylic acids is 1. The summed E-state index contributed by atoms with van der Waals surface area (Å²) in [7, 11) is 0. The average molecular weight is 345 g/mol. The monoisotopic (exact) mass is 345 g/mol. The zero-order chi connectivity index (χ0) is 18.5. The Hall–Kier alpha value is -3.06. The fraction of sp³-hybridized carbons (Fsp3) is 0.273. The third-order valence-electron chi connectivity index (χ3n) is 4.82. The van der Waals surface area contributed by atoms with Crippen LogP contribution in [0.4, 0.5) is 5.69 Å². The number of benzene rings is 2. The maximum Gasteiger partial charge on any atom is 0.267 e. The van der Waals surface area contributed by atoms with Crippen molar-refractivity contribution in [1.82, 2.24) is 4.90 Å². The van der Waals surface area contributed by atoms with E-state index in [1.165, 1.54) is 11.1 Å². The molecule has 2 aromatic carbocycles. The highest BCUT2D eigenvalue weighted by Gasteiger charge is 2.17. The molecule has 4 nitrogen and oxygen atoms in total. The number of aryl methyl sites for hydroxylation is 2. The van der Waals surface area contributed by atoms with E-state index in [1.807, 2.05) is 42.2 Å². The number of fused-ring (bicyclic) bond motifs is 1. The Balaban J connectivity index is 1.78. The normalized spacial score (nSPS) is 13.7. The number of para-hydroxylation sites is 1. The fourth-order valence-electron chi connectivity index (χ4n) is 3.33. The molecule has 2 aromatic rings. The molecule has 1 N–H and O–H groups in total. The summed E-state index contributed by atoms with van der Waals surface area (Å²) in [6.07, 6.45) is 3.44. The van der Waals surface area contributed by atoms with Crippen LogP contribution < -0.4 is 5.32 Å². The van der Waals surface area contributed by atoms with Crippen LogP contribution in [-0.4, -0.2) is 17.4 Å². The van der Waals surface area contributed by atoms with E-state index in [-0.39, 0.29) is 11.5 Å². The number of amides is 1. The number of carbonyl (C=O) groups is 1. The van der Waals surface area contributed by atoms with Crippen molar-refractivity contribution in [2.24, 2.45) is 0 Å². The average Bonchev–Trinajstić information content (AvgIpc) is 2.67. The van der Waals surface area contributed by atoms with Gasteiger partial charge in [0, 0.05) is 25.0 Å². The highest BCUT2D eigenvalue weighted by atomic mass is 16.1. The number of hydrogen-bond donors (Lipinski definition) is 1. The van der Waals surface area contributed by atoms with E-state index in [9.17, 15) is 10.1 Å². The molecular formula is C22H23N3O. The van der Waals surface area contributed by atoms with Gasteiger partial charge in [0.2, 0.25) is 0 Å². The van der Waals surface area contributed by atoms with Crippen molar-refractivity contribution in [3.05, 3.63) is 76.5 Å². The van der Waals surface area contributed by atoms with E-state index in [4.69, 9.17) is 0 Å². The first kappa shape index (κ1) is 17.8. The smallest absolute Gasteiger partial charge is 0.267 e. The molecule has 0 bridgehead atoms. The Morgan fingerprint density at radius 2 is 2.00 bits per heavy atom. The first-order valence-electron chi connectivity index (χ1n) is 8.95. The number of nitrogens with zero attached hydrogens (tertiary/aromatic N) is 2. The van der Waals surface area contributed by atoms with Gasteiger partial charge in [-0.05, 0) is 42.0 Å². The number of hydrogen-bond acceptors (Lipinski definition) is 3. The largest absolute Gasteiger partial charge is 0.371 e. The molecule has 132 valence electrons. The van der Waals surface area contributed by atoms with Gasteiger partial charge < -0.3 is 10.2 Å². The summed E-state index contributed by atoms with van der Waals surface area (Å²) >= 11 is 0. The van der Waals surface area contributed by atoms with Crippen LogP contribution in [0.3, 0.4) is 0 Å². The van der Waals surface area contributed by atoms with Crippen LogP contribution in [-0.2, 0) is 24.2 Å². The Kier molecular flexibility index (Phi) is 5.38. The van der Waals surface area contributed by atoms with E-state index < -0.39 is 0 Å². The van der Waals surface area contributed by atoms with Crippen molar-refractivity contribution in [1.29, 1.82) is 5.26 Å².